The predicted molar refractivity (Wildman–Crippen MR) is 108 cm³/mol. The normalized spacial score (nSPS) is 12.0. The third kappa shape index (κ3) is 5.88. The zero-order chi connectivity index (χ0) is 18.9. The minimum absolute atomic E-state index is 0.120. The van der Waals surface area contributed by atoms with Gasteiger partial charge in [0.1, 0.15) is 5.75 Å². The summed E-state index contributed by atoms with van der Waals surface area (Å²) in [4.78, 5) is 14.9. The Morgan fingerprint density at radius 1 is 1.08 bits per heavy atom. The molecule has 26 heavy (non-hydrogen) atoms. The van der Waals surface area contributed by atoms with Crippen LogP contribution in [0.15, 0.2) is 48.5 Å². The van der Waals surface area contributed by atoms with Crippen LogP contribution < -0.4 is 10.1 Å². The first-order valence-electron chi connectivity index (χ1n) is 9.41. The summed E-state index contributed by atoms with van der Waals surface area (Å²) in [5, 5.41) is 2.96. The van der Waals surface area contributed by atoms with E-state index >= 15 is 0 Å². The summed E-state index contributed by atoms with van der Waals surface area (Å²) in [5.41, 5.74) is 3.15. The minimum Gasteiger partial charge on any atom is -0.481 e. The number of benzene rings is 2. The number of carbonyl (C=O) groups excluding carboxylic acids is 1. The van der Waals surface area contributed by atoms with E-state index in [1.807, 2.05) is 50.2 Å². The zero-order valence-corrected chi connectivity index (χ0v) is 16.3. The van der Waals surface area contributed by atoms with E-state index in [1.165, 1.54) is 5.56 Å². The summed E-state index contributed by atoms with van der Waals surface area (Å²) < 4.78 is 5.87. The molecule has 0 unspecified atom stereocenters. The standard InChI is InChI=1S/C22H30N2O2/c1-5-21(26-20-10-8-9-17(4)15-20)22(25)23-19-13-11-18(12-14-19)16-24(6-2)7-3/h8-15,21H,5-7,16H2,1-4H3,(H,23,25)/t21-/m1/s1. The maximum absolute atomic E-state index is 12.5. The van der Waals surface area contributed by atoms with Gasteiger partial charge in [0.2, 0.25) is 0 Å². The first-order valence-corrected chi connectivity index (χ1v) is 9.41. The molecule has 1 amide bonds. The van der Waals surface area contributed by atoms with Gasteiger partial charge in [-0.2, -0.15) is 0 Å². The van der Waals surface area contributed by atoms with Crippen LogP contribution in [0.2, 0.25) is 0 Å². The quantitative estimate of drug-likeness (QED) is 0.714. The first-order chi connectivity index (χ1) is 12.5. The maximum atomic E-state index is 12.5. The van der Waals surface area contributed by atoms with Crippen LogP contribution in [0.4, 0.5) is 5.69 Å². The van der Waals surface area contributed by atoms with Gasteiger partial charge in [0.05, 0.1) is 0 Å². The van der Waals surface area contributed by atoms with Gasteiger partial charge in [0.25, 0.3) is 5.91 Å². The predicted octanol–water partition coefficient (Wildman–Crippen LogP) is 4.63. The molecule has 2 aromatic rings. The Balaban J connectivity index is 1.96. The van der Waals surface area contributed by atoms with Crippen molar-refractivity contribution in [2.24, 2.45) is 0 Å². The Labute approximate surface area is 157 Å². The minimum atomic E-state index is -0.507. The van der Waals surface area contributed by atoms with Gasteiger partial charge >= 0.3 is 0 Å². The molecule has 0 saturated carbocycles. The van der Waals surface area contributed by atoms with E-state index in [9.17, 15) is 4.79 Å². The molecule has 0 aromatic heterocycles. The lowest BCUT2D eigenvalue weighted by molar-refractivity contribution is -0.122. The van der Waals surface area contributed by atoms with Gasteiger partial charge in [0.15, 0.2) is 6.10 Å². The Bertz CT molecular complexity index is 694. The molecule has 4 heteroatoms. The number of hydrogen-bond donors (Lipinski definition) is 1. The van der Waals surface area contributed by atoms with Crippen LogP contribution >= 0.6 is 0 Å². The molecular formula is C22H30N2O2. The van der Waals surface area contributed by atoms with Crippen molar-refractivity contribution in [3.63, 3.8) is 0 Å². The average Bonchev–Trinajstić information content (AvgIpc) is 2.65. The van der Waals surface area contributed by atoms with Gasteiger partial charge in [-0.3, -0.25) is 9.69 Å². The van der Waals surface area contributed by atoms with Gasteiger partial charge in [-0.1, -0.05) is 45.0 Å². The molecule has 0 bridgehead atoms. The molecule has 2 aromatic carbocycles. The number of nitrogens with one attached hydrogen (secondary N) is 1. The summed E-state index contributed by atoms with van der Waals surface area (Å²) in [7, 11) is 0. The van der Waals surface area contributed by atoms with E-state index < -0.39 is 6.10 Å². The number of rotatable bonds is 9. The Morgan fingerprint density at radius 3 is 2.35 bits per heavy atom. The molecule has 0 spiro atoms. The second-order valence-corrected chi connectivity index (χ2v) is 6.48. The summed E-state index contributed by atoms with van der Waals surface area (Å²) in [6.45, 7) is 11.3. The Hall–Kier alpha value is -2.33. The number of ether oxygens (including phenoxy) is 1. The van der Waals surface area contributed by atoms with Crippen LogP contribution in [0, 0.1) is 6.92 Å². The molecule has 1 N–H and O–H groups in total. The number of aryl methyl sites for hydroxylation is 1. The number of carbonyl (C=O) groups is 1. The van der Waals surface area contributed by atoms with Crippen LogP contribution in [-0.4, -0.2) is 30.0 Å². The van der Waals surface area contributed by atoms with Crippen LogP contribution in [-0.2, 0) is 11.3 Å². The fourth-order valence-electron chi connectivity index (χ4n) is 2.80. The second kappa shape index (κ2) is 9.97. The van der Waals surface area contributed by atoms with Gasteiger partial charge in [-0.15, -0.1) is 0 Å². The van der Waals surface area contributed by atoms with Crippen molar-refractivity contribution in [1.82, 2.24) is 4.90 Å². The molecule has 0 fully saturated rings. The second-order valence-electron chi connectivity index (χ2n) is 6.48. The van der Waals surface area contributed by atoms with Crippen LogP contribution in [0.1, 0.15) is 38.3 Å². The van der Waals surface area contributed by atoms with Crippen LogP contribution in [0.5, 0.6) is 5.75 Å². The molecule has 0 aliphatic rings. The van der Waals surface area contributed by atoms with Gasteiger partial charge in [-0.25, -0.2) is 0 Å². The number of hydrogen-bond acceptors (Lipinski definition) is 3. The summed E-state index contributed by atoms with van der Waals surface area (Å²) in [6, 6.07) is 15.8. The lowest BCUT2D eigenvalue weighted by atomic mass is 10.1. The molecular weight excluding hydrogens is 324 g/mol. The van der Waals surface area contributed by atoms with E-state index in [4.69, 9.17) is 4.74 Å². The van der Waals surface area contributed by atoms with E-state index in [2.05, 4.69) is 36.2 Å². The number of anilines is 1. The molecule has 0 saturated heterocycles. The van der Waals surface area contributed by atoms with Crippen LogP contribution in [0.25, 0.3) is 0 Å². The van der Waals surface area contributed by atoms with Crippen molar-refractivity contribution >= 4 is 11.6 Å². The highest BCUT2D eigenvalue weighted by molar-refractivity contribution is 5.94. The van der Waals surface area contributed by atoms with Crippen LogP contribution in [0.3, 0.4) is 0 Å². The van der Waals surface area contributed by atoms with Crippen molar-refractivity contribution in [1.29, 1.82) is 0 Å². The van der Waals surface area contributed by atoms with E-state index in [-0.39, 0.29) is 5.91 Å². The van der Waals surface area contributed by atoms with Gasteiger partial charge in [-0.05, 0) is 61.8 Å². The molecule has 0 aliphatic heterocycles. The largest absolute Gasteiger partial charge is 0.481 e. The Morgan fingerprint density at radius 2 is 1.77 bits per heavy atom. The fourth-order valence-corrected chi connectivity index (χ4v) is 2.80. The van der Waals surface area contributed by atoms with E-state index in [0.29, 0.717) is 6.42 Å². The van der Waals surface area contributed by atoms with E-state index in [1.54, 1.807) is 0 Å². The number of nitrogens with zero attached hydrogens (tertiary/aromatic N) is 1. The highest BCUT2D eigenvalue weighted by Gasteiger charge is 2.18. The van der Waals surface area contributed by atoms with Crippen molar-refractivity contribution in [3.05, 3.63) is 59.7 Å². The zero-order valence-electron chi connectivity index (χ0n) is 16.3. The first kappa shape index (κ1) is 20.0. The third-order valence-corrected chi connectivity index (χ3v) is 4.45. The Kier molecular flexibility index (Phi) is 7.67. The smallest absolute Gasteiger partial charge is 0.265 e. The molecule has 0 radical (unpaired) electrons. The molecule has 1 atom stereocenters. The van der Waals surface area contributed by atoms with Crippen molar-refractivity contribution < 1.29 is 9.53 Å². The highest BCUT2D eigenvalue weighted by Crippen LogP contribution is 2.17. The number of amides is 1. The summed E-state index contributed by atoms with van der Waals surface area (Å²) in [5.74, 6) is 0.604. The molecule has 0 heterocycles. The highest BCUT2D eigenvalue weighted by atomic mass is 16.5. The molecule has 140 valence electrons. The summed E-state index contributed by atoms with van der Waals surface area (Å²) in [6.07, 6.45) is 0.104. The molecule has 2 rings (SSSR count). The topological polar surface area (TPSA) is 41.6 Å². The summed E-state index contributed by atoms with van der Waals surface area (Å²) >= 11 is 0. The van der Waals surface area contributed by atoms with Crippen molar-refractivity contribution in [3.8, 4) is 5.75 Å². The monoisotopic (exact) mass is 354 g/mol. The third-order valence-electron chi connectivity index (χ3n) is 4.45. The maximum Gasteiger partial charge on any atom is 0.265 e. The van der Waals surface area contributed by atoms with Gasteiger partial charge < -0.3 is 10.1 Å². The fraction of sp³-hybridized carbons (Fsp3) is 0.409. The lowest BCUT2D eigenvalue weighted by Gasteiger charge is -2.19. The SMILES string of the molecule is CC[C@@H](Oc1cccc(C)c1)C(=O)Nc1ccc(CN(CC)CC)cc1. The van der Waals surface area contributed by atoms with Crippen molar-refractivity contribution in [2.45, 2.75) is 46.8 Å². The van der Waals surface area contributed by atoms with E-state index in [0.717, 1.165) is 36.6 Å². The van der Waals surface area contributed by atoms with Gasteiger partial charge in [0, 0.05) is 12.2 Å². The average molecular weight is 354 g/mol. The van der Waals surface area contributed by atoms with Crippen molar-refractivity contribution in [2.75, 3.05) is 18.4 Å². The molecule has 0 aliphatic carbocycles. The molecule has 4 nitrogen and oxygen atoms in total. The lowest BCUT2D eigenvalue weighted by Crippen LogP contribution is -2.32.